The molecule has 6 heteroatoms. The highest BCUT2D eigenvalue weighted by Gasteiger charge is 2.29. The number of fused-ring (bicyclic) bond motifs is 1. The van der Waals surface area contributed by atoms with Crippen LogP contribution in [0.2, 0.25) is 0 Å². The van der Waals surface area contributed by atoms with Gasteiger partial charge in [0.1, 0.15) is 22.8 Å². The van der Waals surface area contributed by atoms with E-state index in [2.05, 4.69) is 0 Å². The van der Waals surface area contributed by atoms with Gasteiger partial charge in [-0.2, -0.15) is 0 Å². The summed E-state index contributed by atoms with van der Waals surface area (Å²) in [6.07, 6.45) is 0.549. The monoisotopic (exact) mass is 342 g/mol. The molecule has 0 amide bonds. The van der Waals surface area contributed by atoms with Gasteiger partial charge < -0.3 is 18.9 Å². The maximum absolute atomic E-state index is 12.6. The highest BCUT2D eigenvalue weighted by atomic mass is 16.5. The Hall–Kier alpha value is -3.02. The fourth-order valence-corrected chi connectivity index (χ4v) is 2.79. The highest BCUT2D eigenvalue weighted by molar-refractivity contribution is 5.93. The van der Waals surface area contributed by atoms with Crippen molar-refractivity contribution in [1.82, 2.24) is 0 Å². The molecule has 0 N–H and O–H groups in total. The molecule has 0 radical (unpaired) electrons. The Labute approximate surface area is 145 Å². The van der Waals surface area contributed by atoms with Gasteiger partial charge in [-0.15, -0.1) is 0 Å². The zero-order valence-electron chi connectivity index (χ0n) is 14.0. The van der Waals surface area contributed by atoms with Crippen molar-refractivity contribution in [3.05, 3.63) is 53.6 Å². The summed E-state index contributed by atoms with van der Waals surface area (Å²) in [7, 11) is 2.72. The Balaban J connectivity index is 1.81. The largest absolute Gasteiger partial charge is 0.496 e. The first-order chi connectivity index (χ1) is 12.1. The van der Waals surface area contributed by atoms with Gasteiger partial charge in [0.25, 0.3) is 0 Å². The Morgan fingerprint density at radius 1 is 1.12 bits per heavy atom. The normalized spacial score (nSPS) is 15.5. The van der Waals surface area contributed by atoms with E-state index in [1.807, 2.05) is 24.3 Å². The van der Waals surface area contributed by atoms with Crippen molar-refractivity contribution in [2.75, 3.05) is 20.8 Å². The van der Waals surface area contributed by atoms with Gasteiger partial charge in [-0.25, -0.2) is 4.79 Å². The second-order valence-corrected chi connectivity index (χ2v) is 5.50. The first-order valence-electron chi connectivity index (χ1n) is 7.84. The molecule has 1 aliphatic heterocycles. The van der Waals surface area contributed by atoms with Gasteiger partial charge in [-0.3, -0.25) is 4.79 Å². The Morgan fingerprint density at radius 2 is 1.92 bits per heavy atom. The molecule has 0 saturated carbocycles. The van der Waals surface area contributed by atoms with Gasteiger partial charge in [-0.05, 0) is 24.6 Å². The number of rotatable bonds is 4. The lowest BCUT2D eigenvalue weighted by Crippen LogP contribution is -2.25. The number of benzene rings is 2. The van der Waals surface area contributed by atoms with Crippen LogP contribution in [0.4, 0.5) is 0 Å². The smallest absolute Gasteiger partial charge is 0.341 e. The third-order valence-electron chi connectivity index (χ3n) is 4.04. The Bertz CT molecular complexity index is 798. The highest BCUT2D eigenvalue weighted by Crippen LogP contribution is 2.35. The van der Waals surface area contributed by atoms with Crippen molar-refractivity contribution >= 4 is 11.9 Å². The van der Waals surface area contributed by atoms with E-state index in [0.29, 0.717) is 24.5 Å². The van der Waals surface area contributed by atoms with Crippen molar-refractivity contribution < 1.29 is 28.5 Å². The van der Waals surface area contributed by atoms with E-state index in [-0.39, 0.29) is 17.3 Å². The second-order valence-electron chi connectivity index (χ2n) is 5.50. The van der Waals surface area contributed by atoms with E-state index in [0.717, 1.165) is 5.56 Å². The summed E-state index contributed by atoms with van der Waals surface area (Å²) in [4.78, 5) is 24.3. The van der Waals surface area contributed by atoms with E-state index in [1.54, 1.807) is 0 Å². The minimum Gasteiger partial charge on any atom is -0.496 e. The Kier molecular flexibility index (Phi) is 4.88. The van der Waals surface area contributed by atoms with Gasteiger partial charge in [-0.1, -0.05) is 18.2 Å². The van der Waals surface area contributed by atoms with E-state index >= 15 is 0 Å². The Morgan fingerprint density at radius 3 is 2.68 bits per heavy atom. The van der Waals surface area contributed by atoms with Crippen molar-refractivity contribution in [3.8, 4) is 17.2 Å². The quantitative estimate of drug-likeness (QED) is 0.628. The van der Waals surface area contributed by atoms with Crippen LogP contribution in [0.25, 0.3) is 0 Å². The second kappa shape index (κ2) is 7.25. The lowest BCUT2D eigenvalue weighted by Gasteiger charge is -2.24. The topological polar surface area (TPSA) is 71.1 Å². The summed E-state index contributed by atoms with van der Waals surface area (Å²) >= 11 is 0. The first-order valence-corrected chi connectivity index (χ1v) is 7.84. The molecular formula is C19H18O6. The predicted molar refractivity (Wildman–Crippen MR) is 89.3 cm³/mol. The lowest BCUT2D eigenvalue weighted by atomic mass is 9.93. The molecule has 1 aliphatic rings. The van der Waals surface area contributed by atoms with Crippen LogP contribution in [0.15, 0.2) is 42.5 Å². The minimum absolute atomic E-state index is 0.265. The average molecular weight is 342 g/mol. The molecule has 0 spiro atoms. The van der Waals surface area contributed by atoms with Crippen LogP contribution in [0.1, 0.15) is 28.3 Å². The third kappa shape index (κ3) is 3.42. The predicted octanol–water partition coefficient (Wildman–Crippen LogP) is 2.95. The van der Waals surface area contributed by atoms with Crippen LogP contribution >= 0.6 is 0 Å². The van der Waals surface area contributed by atoms with Crippen LogP contribution < -0.4 is 14.2 Å². The standard InChI is InChI=1S/C19H18O6/c1-22-17-11-12(7-8-15(17)18(20)23-2)25-19(21)14-9-10-24-16-6-4-3-5-13(14)16/h3-8,11,14H,9-10H2,1-2H3. The molecule has 0 aromatic heterocycles. The van der Waals surface area contributed by atoms with Crippen molar-refractivity contribution in [3.63, 3.8) is 0 Å². The number of carbonyl (C=O) groups is 2. The summed E-state index contributed by atoms with van der Waals surface area (Å²) < 4.78 is 20.9. The first kappa shape index (κ1) is 16.8. The molecule has 2 aromatic carbocycles. The summed E-state index contributed by atoms with van der Waals surface area (Å²) in [6, 6.07) is 12.0. The molecule has 2 aromatic rings. The number of hydrogen-bond acceptors (Lipinski definition) is 6. The zero-order valence-corrected chi connectivity index (χ0v) is 14.0. The molecule has 0 bridgehead atoms. The summed E-state index contributed by atoms with van der Waals surface area (Å²) in [6.45, 7) is 0.460. The van der Waals surface area contributed by atoms with Crippen LogP contribution in [0, 0.1) is 0 Å². The fourth-order valence-electron chi connectivity index (χ4n) is 2.79. The fraction of sp³-hybridized carbons (Fsp3) is 0.263. The van der Waals surface area contributed by atoms with Crippen molar-refractivity contribution in [2.24, 2.45) is 0 Å². The molecule has 6 nitrogen and oxygen atoms in total. The number of para-hydroxylation sites is 1. The zero-order chi connectivity index (χ0) is 17.8. The van der Waals surface area contributed by atoms with Gasteiger partial charge in [0.15, 0.2) is 0 Å². The molecule has 0 fully saturated rings. The minimum atomic E-state index is -0.520. The van der Waals surface area contributed by atoms with Crippen molar-refractivity contribution in [1.29, 1.82) is 0 Å². The molecule has 130 valence electrons. The molecule has 3 rings (SSSR count). The summed E-state index contributed by atoms with van der Waals surface area (Å²) in [5.74, 6) is 0.00487. The van der Waals surface area contributed by atoms with Crippen LogP contribution in [0.3, 0.4) is 0 Å². The number of hydrogen-bond donors (Lipinski definition) is 0. The van der Waals surface area contributed by atoms with Crippen LogP contribution in [0.5, 0.6) is 17.2 Å². The van der Waals surface area contributed by atoms with E-state index in [1.165, 1.54) is 32.4 Å². The number of methoxy groups -OCH3 is 2. The van der Waals surface area contributed by atoms with Gasteiger partial charge in [0.05, 0.1) is 26.7 Å². The molecule has 0 saturated heterocycles. The van der Waals surface area contributed by atoms with Gasteiger partial charge >= 0.3 is 11.9 Å². The molecule has 1 atom stereocenters. The summed E-state index contributed by atoms with van der Waals surface area (Å²) in [5, 5.41) is 0. The number of esters is 2. The molecular weight excluding hydrogens is 324 g/mol. The van der Waals surface area contributed by atoms with Crippen LogP contribution in [-0.2, 0) is 9.53 Å². The molecule has 0 aliphatic carbocycles. The number of ether oxygens (including phenoxy) is 4. The maximum atomic E-state index is 12.6. The molecule has 1 unspecified atom stereocenters. The SMILES string of the molecule is COC(=O)c1ccc(OC(=O)C2CCOc3ccccc32)cc1OC. The van der Waals surface area contributed by atoms with E-state index in [9.17, 15) is 9.59 Å². The van der Waals surface area contributed by atoms with E-state index in [4.69, 9.17) is 18.9 Å². The van der Waals surface area contributed by atoms with Gasteiger partial charge in [0, 0.05) is 11.6 Å². The molecule has 1 heterocycles. The number of carbonyl (C=O) groups excluding carboxylic acids is 2. The van der Waals surface area contributed by atoms with Crippen molar-refractivity contribution in [2.45, 2.75) is 12.3 Å². The molecule has 25 heavy (non-hydrogen) atoms. The van der Waals surface area contributed by atoms with Gasteiger partial charge in [0.2, 0.25) is 0 Å². The van der Waals surface area contributed by atoms with Crippen LogP contribution in [-0.4, -0.2) is 32.8 Å². The lowest BCUT2D eigenvalue weighted by molar-refractivity contribution is -0.136. The summed E-state index contributed by atoms with van der Waals surface area (Å²) in [5.41, 5.74) is 1.08. The van der Waals surface area contributed by atoms with E-state index < -0.39 is 11.9 Å². The average Bonchev–Trinajstić information content (AvgIpc) is 2.66. The maximum Gasteiger partial charge on any atom is 0.341 e. The third-order valence-corrected chi connectivity index (χ3v) is 4.04.